The van der Waals surface area contributed by atoms with E-state index in [4.69, 9.17) is 0 Å². The number of hydrogen-bond donors (Lipinski definition) is 1. The Morgan fingerprint density at radius 3 is 2.25 bits per heavy atom. The SMILES string of the molecule is Cc1[nH]c2ccccc2c1C(=O)[C@@H](c1ccccc1)N1CCC(Cc2ccccc2)CC1. The van der Waals surface area contributed by atoms with Crippen LogP contribution in [0.5, 0.6) is 0 Å². The van der Waals surface area contributed by atoms with Crippen molar-refractivity contribution in [3.05, 3.63) is 107 Å². The van der Waals surface area contributed by atoms with Crippen molar-refractivity contribution in [2.24, 2.45) is 5.92 Å². The highest BCUT2D eigenvalue weighted by molar-refractivity contribution is 6.11. The average Bonchev–Trinajstić information content (AvgIpc) is 3.17. The summed E-state index contributed by atoms with van der Waals surface area (Å²) in [6, 6.07) is 29.0. The van der Waals surface area contributed by atoms with Crippen molar-refractivity contribution >= 4 is 16.7 Å². The minimum Gasteiger partial charge on any atom is -0.358 e. The van der Waals surface area contributed by atoms with E-state index in [1.54, 1.807) is 0 Å². The minimum absolute atomic E-state index is 0.202. The second kappa shape index (κ2) is 9.13. The highest BCUT2D eigenvalue weighted by Crippen LogP contribution is 2.34. The van der Waals surface area contributed by atoms with Gasteiger partial charge in [-0.2, -0.15) is 0 Å². The summed E-state index contributed by atoms with van der Waals surface area (Å²) in [6.45, 7) is 3.91. The summed E-state index contributed by atoms with van der Waals surface area (Å²) >= 11 is 0. The topological polar surface area (TPSA) is 36.1 Å². The van der Waals surface area contributed by atoms with Crippen LogP contribution in [0.3, 0.4) is 0 Å². The van der Waals surface area contributed by atoms with Crippen molar-refractivity contribution in [1.82, 2.24) is 9.88 Å². The molecule has 0 aliphatic carbocycles. The van der Waals surface area contributed by atoms with Gasteiger partial charge in [-0.3, -0.25) is 9.69 Å². The number of hydrogen-bond acceptors (Lipinski definition) is 2. The van der Waals surface area contributed by atoms with Crippen LogP contribution in [0.4, 0.5) is 0 Å². The zero-order valence-corrected chi connectivity index (χ0v) is 18.6. The van der Waals surface area contributed by atoms with Gasteiger partial charge in [-0.15, -0.1) is 0 Å². The first-order valence-corrected chi connectivity index (χ1v) is 11.6. The molecule has 32 heavy (non-hydrogen) atoms. The Morgan fingerprint density at radius 2 is 1.53 bits per heavy atom. The summed E-state index contributed by atoms with van der Waals surface area (Å²) in [4.78, 5) is 19.9. The van der Waals surface area contributed by atoms with E-state index < -0.39 is 0 Å². The first kappa shape index (κ1) is 20.7. The van der Waals surface area contributed by atoms with Crippen LogP contribution in [-0.4, -0.2) is 28.8 Å². The number of nitrogens with one attached hydrogen (secondary N) is 1. The fourth-order valence-corrected chi connectivity index (χ4v) is 5.26. The minimum atomic E-state index is -0.244. The predicted molar refractivity (Wildman–Crippen MR) is 131 cm³/mol. The van der Waals surface area contributed by atoms with Crippen LogP contribution in [0.25, 0.3) is 10.9 Å². The number of benzene rings is 3. The molecule has 1 aromatic heterocycles. The molecule has 1 aliphatic heterocycles. The Balaban J connectivity index is 1.41. The monoisotopic (exact) mass is 422 g/mol. The third kappa shape index (κ3) is 4.13. The smallest absolute Gasteiger partial charge is 0.186 e. The van der Waals surface area contributed by atoms with E-state index in [1.807, 2.05) is 43.3 Å². The van der Waals surface area contributed by atoms with E-state index in [1.165, 1.54) is 5.56 Å². The number of piperidine rings is 1. The number of carbonyl (C=O) groups is 1. The number of para-hydroxylation sites is 1. The molecule has 1 aliphatic rings. The number of ketones is 1. The normalized spacial score (nSPS) is 16.3. The van der Waals surface area contributed by atoms with Gasteiger partial charge in [0.05, 0.1) is 6.04 Å². The van der Waals surface area contributed by atoms with E-state index in [2.05, 4.69) is 58.4 Å². The molecule has 4 aromatic rings. The maximum Gasteiger partial charge on any atom is 0.186 e. The molecule has 0 spiro atoms. The van der Waals surface area contributed by atoms with Crippen LogP contribution in [-0.2, 0) is 6.42 Å². The molecule has 3 aromatic carbocycles. The molecule has 0 unspecified atom stereocenters. The molecule has 2 heterocycles. The number of nitrogens with zero attached hydrogens (tertiary/aromatic N) is 1. The largest absolute Gasteiger partial charge is 0.358 e. The molecule has 3 heteroatoms. The van der Waals surface area contributed by atoms with Crippen molar-refractivity contribution in [1.29, 1.82) is 0 Å². The summed E-state index contributed by atoms with van der Waals surface area (Å²) in [5, 5.41) is 1.02. The van der Waals surface area contributed by atoms with E-state index in [-0.39, 0.29) is 11.8 Å². The van der Waals surface area contributed by atoms with Crippen molar-refractivity contribution in [3.63, 3.8) is 0 Å². The van der Waals surface area contributed by atoms with Gasteiger partial charge < -0.3 is 4.98 Å². The number of rotatable bonds is 6. The van der Waals surface area contributed by atoms with E-state index >= 15 is 0 Å². The Kier molecular flexibility index (Phi) is 5.91. The molecular weight excluding hydrogens is 392 g/mol. The Labute approximate surface area is 190 Å². The molecule has 0 amide bonds. The number of aromatic amines is 1. The summed E-state index contributed by atoms with van der Waals surface area (Å²) in [5.74, 6) is 0.877. The van der Waals surface area contributed by atoms with Gasteiger partial charge in [-0.25, -0.2) is 0 Å². The van der Waals surface area contributed by atoms with Gasteiger partial charge in [0.1, 0.15) is 0 Å². The number of aryl methyl sites for hydroxylation is 1. The first-order chi connectivity index (χ1) is 15.7. The number of H-pyrrole nitrogens is 1. The lowest BCUT2D eigenvalue weighted by Crippen LogP contribution is -2.40. The van der Waals surface area contributed by atoms with Crippen LogP contribution in [0.15, 0.2) is 84.9 Å². The Bertz CT molecular complexity index is 1190. The second-order valence-corrected chi connectivity index (χ2v) is 9.02. The molecule has 5 rings (SSSR count). The maximum absolute atomic E-state index is 14.1. The van der Waals surface area contributed by atoms with Crippen molar-refractivity contribution in [2.45, 2.75) is 32.2 Å². The molecule has 0 bridgehead atoms. The fraction of sp³-hybridized carbons (Fsp3) is 0.276. The number of carbonyl (C=O) groups excluding carboxylic acids is 1. The van der Waals surface area contributed by atoms with E-state index in [9.17, 15) is 4.79 Å². The van der Waals surface area contributed by atoms with Gasteiger partial charge in [-0.1, -0.05) is 78.9 Å². The summed E-state index contributed by atoms with van der Waals surface area (Å²) in [7, 11) is 0. The van der Waals surface area contributed by atoms with E-state index in [0.29, 0.717) is 5.92 Å². The van der Waals surface area contributed by atoms with Gasteiger partial charge in [0.15, 0.2) is 5.78 Å². The lowest BCUT2D eigenvalue weighted by Gasteiger charge is -2.37. The number of Topliss-reactive ketones (excluding diaryl/α,β-unsaturated/α-hetero) is 1. The van der Waals surface area contributed by atoms with Crippen molar-refractivity contribution in [3.8, 4) is 0 Å². The predicted octanol–water partition coefficient (Wildman–Crippen LogP) is 6.36. The molecule has 162 valence electrons. The van der Waals surface area contributed by atoms with Gasteiger partial charge in [0.25, 0.3) is 0 Å². The molecule has 1 N–H and O–H groups in total. The standard InChI is InChI=1S/C29H30N2O/c1-21-27(25-14-8-9-15-26(25)30-21)29(32)28(24-12-6-3-7-13-24)31-18-16-23(17-19-31)20-22-10-4-2-5-11-22/h2-15,23,28,30H,16-20H2,1H3/t28-/m1/s1. The summed E-state index contributed by atoms with van der Waals surface area (Å²) in [6.07, 6.45) is 3.37. The first-order valence-electron chi connectivity index (χ1n) is 11.6. The zero-order valence-electron chi connectivity index (χ0n) is 18.6. The highest BCUT2D eigenvalue weighted by Gasteiger charge is 2.33. The van der Waals surface area contributed by atoms with E-state index in [0.717, 1.165) is 60.1 Å². The van der Waals surface area contributed by atoms with Gasteiger partial charge in [0, 0.05) is 22.2 Å². The van der Waals surface area contributed by atoms with Crippen molar-refractivity contribution in [2.75, 3.05) is 13.1 Å². The molecule has 1 atom stereocenters. The van der Waals surface area contributed by atoms with Crippen molar-refractivity contribution < 1.29 is 4.79 Å². The summed E-state index contributed by atoms with van der Waals surface area (Å²) < 4.78 is 0. The van der Waals surface area contributed by atoms with Crippen LogP contribution >= 0.6 is 0 Å². The molecule has 1 fully saturated rings. The number of aromatic nitrogens is 1. The molecule has 1 saturated heterocycles. The second-order valence-electron chi connectivity index (χ2n) is 9.02. The van der Waals surface area contributed by atoms with Crippen LogP contribution in [0, 0.1) is 12.8 Å². The number of likely N-dealkylation sites (tertiary alicyclic amines) is 1. The molecular formula is C29H30N2O. The van der Waals surface area contributed by atoms with Gasteiger partial charge in [0.2, 0.25) is 0 Å². The van der Waals surface area contributed by atoms with Gasteiger partial charge >= 0.3 is 0 Å². The quantitative estimate of drug-likeness (QED) is 0.367. The molecule has 0 saturated carbocycles. The van der Waals surface area contributed by atoms with Crippen LogP contribution < -0.4 is 0 Å². The van der Waals surface area contributed by atoms with Crippen LogP contribution in [0.1, 0.15) is 46.1 Å². The maximum atomic E-state index is 14.1. The Hall–Kier alpha value is -3.17. The number of fused-ring (bicyclic) bond motifs is 1. The fourth-order valence-electron chi connectivity index (χ4n) is 5.26. The van der Waals surface area contributed by atoms with Gasteiger partial charge in [-0.05, 0) is 62.4 Å². The third-order valence-electron chi connectivity index (χ3n) is 6.89. The Morgan fingerprint density at radius 1 is 0.906 bits per heavy atom. The lowest BCUT2D eigenvalue weighted by atomic mass is 9.87. The molecule has 0 radical (unpaired) electrons. The average molecular weight is 423 g/mol. The van der Waals surface area contributed by atoms with Crippen LogP contribution in [0.2, 0.25) is 0 Å². The summed E-state index contributed by atoms with van der Waals surface area (Å²) in [5.41, 5.74) is 5.32. The lowest BCUT2D eigenvalue weighted by molar-refractivity contribution is 0.0741. The zero-order chi connectivity index (χ0) is 21.9. The highest BCUT2D eigenvalue weighted by atomic mass is 16.1. The molecule has 3 nitrogen and oxygen atoms in total. The third-order valence-corrected chi connectivity index (χ3v) is 6.89.